The first-order valence-electron chi connectivity index (χ1n) is 15.0. The van der Waals surface area contributed by atoms with Crippen LogP contribution in [0.15, 0.2) is 48.7 Å². The summed E-state index contributed by atoms with van der Waals surface area (Å²) in [6.07, 6.45) is 2.72. The fraction of sp³-hybridized carbons (Fsp3) is 0.406. The minimum atomic E-state index is -3.37. The number of aromatic carboxylic acids is 1. The number of morpholine rings is 1. The quantitative estimate of drug-likeness (QED) is 0.177. The molecule has 0 bridgehead atoms. The summed E-state index contributed by atoms with van der Waals surface area (Å²) in [5.74, 6) is 0.771. The summed E-state index contributed by atoms with van der Waals surface area (Å²) < 4.78 is 43.2. The highest BCUT2D eigenvalue weighted by Gasteiger charge is 2.20. The molecule has 3 heterocycles. The molecule has 4 aromatic rings. The number of benzene rings is 2. The van der Waals surface area contributed by atoms with Gasteiger partial charge < -0.3 is 34.9 Å². The molecule has 15 heteroatoms. The highest BCUT2D eigenvalue weighted by atomic mass is 32.2. The summed E-state index contributed by atoms with van der Waals surface area (Å²) in [5.41, 5.74) is 8.37. The van der Waals surface area contributed by atoms with Crippen molar-refractivity contribution in [2.24, 2.45) is 7.05 Å². The zero-order valence-corrected chi connectivity index (χ0v) is 28.3. The largest absolute Gasteiger partial charge is 0.492 e. The van der Waals surface area contributed by atoms with Crippen LogP contribution < -0.4 is 25.2 Å². The number of hydrogen-bond acceptors (Lipinski definition) is 11. The van der Waals surface area contributed by atoms with Gasteiger partial charge in [0.15, 0.2) is 11.5 Å². The summed E-state index contributed by atoms with van der Waals surface area (Å²) in [6, 6.07) is 12.3. The highest BCUT2D eigenvalue weighted by molar-refractivity contribution is 7.92. The maximum Gasteiger partial charge on any atom is 0.352 e. The second-order valence-corrected chi connectivity index (χ2v) is 13.8. The Morgan fingerprint density at radius 2 is 1.87 bits per heavy atom. The van der Waals surface area contributed by atoms with Crippen LogP contribution in [0.1, 0.15) is 36.8 Å². The fourth-order valence-electron chi connectivity index (χ4n) is 5.00. The normalized spacial score (nSPS) is 13.8. The Morgan fingerprint density at radius 3 is 2.51 bits per heavy atom. The van der Waals surface area contributed by atoms with Crippen molar-refractivity contribution in [2.75, 3.05) is 68.5 Å². The van der Waals surface area contributed by atoms with E-state index < -0.39 is 16.0 Å². The molecule has 254 valence electrons. The number of nitrogens with two attached hydrogens (primary N) is 1. The van der Waals surface area contributed by atoms with E-state index in [9.17, 15) is 18.3 Å². The zero-order chi connectivity index (χ0) is 34.4. The molecule has 0 aliphatic carbocycles. The van der Waals surface area contributed by atoms with Crippen molar-refractivity contribution in [3.8, 4) is 17.4 Å². The second kappa shape index (κ2) is 14.9. The van der Waals surface area contributed by atoms with E-state index in [1.54, 1.807) is 48.1 Å². The molecular formula is C32H43N7O7S. The number of nitrogens with zero attached hydrogens (tertiary/aromatic N) is 4. The number of anilines is 3. The molecule has 0 amide bonds. The van der Waals surface area contributed by atoms with E-state index in [-0.39, 0.29) is 11.1 Å². The van der Waals surface area contributed by atoms with Crippen LogP contribution in [-0.2, 0) is 27.2 Å². The van der Waals surface area contributed by atoms with Gasteiger partial charge in [0, 0.05) is 50.9 Å². The number of aryl methyl sites for hydroxylation is 1. The van der Waals surface area contributed by atoms with Crippen molar-refractivity contribution in [3.05, 3.63) is 59.9 Å². The third kappa shape index (κ3) is 9.47. The average molecular weight is 670 g/mol. The number of carbonyl (C=O) groups is 1. The third-order valence-corrected chi connectivity index (χ3v) is 7.97. The van der Waals surface area contributed by atoms with Gasteiger partial charge in [0.2, 0.25) is 21.9 Å². The number of para-hydroxylation sites is 1. The molecule has 1 aliphatic heterocycles. The number of fused-ring (bicyclic) bond motifs is 1. The molecule has 14 nitrogen and oxygen atoms in total. The van der Waals surface area contributed by atoms with Crippen LogP contribution in [0, 0.1) is 0 Å². The molecule has 0 atom stereocenters. The molecule has 47 heavy (non-hydrogen) atoms. The van der Waals surface area contributed by atoms with E-state index in [4.69, 9.17) is 19.9 Å². The summed E-state index contributed by atoms with van der Waals surface area (Å²) in [5, 5.41) is 13.4. The number of carboxylic acid groups (broad SMARTS) is 1. The average Bonchev–Trinajstić information content (AvgIpc) is 3.34. The van der Waals surface area contributed by atoms with Crippen LogP contribution in [0.3, 0.4) is 0 Å². The third-order valence-electron chi connectivity index (χ3n) is 7.38. The number of hydrogen-bond donors (Lipinski definition) is 4. The first-order valence-corrected chi connectivity index (χ1v) is 16.9. The lowest BCUT2D eigenvalue weighted by Crippen LogP contribution is -2.39. The topological polar surface area (TPSA) is 183 Å². The van der Waals surface area contributed by atoms with Gasteiger partial charge in [-0.3, -0.25) is 9.62 Å². The molecule has 1 saturated heterocycles. The van der Waals surface area contributed by atoms with Gasteiger partial charge in [-0.2, -0.15) is 4.98 Å². The maximum absolute atomic E-state index is 11.4. The van der Waals surface area contributed by atoms with Crippen LogP contribution in [0.4, 0.5) is 17.3 Å². The lowest BCUT2D eigenvalue weighted by molar-refractivity contribution is 0.0398. The second-order valence-electron chi connectivity index (χ2n) is 12.1. The Bertz CT molecular complexity index is 1810. The molecular weight excluding hydrogens is 626 g/mol. The SMILES string of the molecule is COc1c(N)cc(C(C)(C)C)cc1NS(C)(=O)=O.Cn1c(C(=O)O)cc2cccc(Oc3ccnc(NCCN4CCOCC4)n3)c21. The lowest BCUT2D eigenvalue weighted by Gasteiger charge is -2.26. The van der Waals surface area contributed by atoms with Gasteiger partial charge >= 0.3 is 5.97 Å². The van der Waals surface area contributed by atoms with Gasteiger partial charge in [-0.1, -0.05) is 32.9 Å². The van der Waals surface area contributed by atoms with Gasteiger partial charge in [0.1, 0.15) is 5.69 Å². The summed E-state index contributed by atoms with van der Waals surface area (Å²) in [7, 11) is -0.214. The van der Waals surface area contributed by atoms with Crippen LogP contribution in [0.25, 0.3) is 10.9 Å². The van der Waals surface area contributed by atoms with Crippen LogP contribution in [-0.4, -0.2) is 91.7 Å². The molecule has 5 N–H and O–H groups in total. The molecule has 1 fully saturated rings. The van der Waals surface area contributed by atoms with E-state index in [1.807, 2.05) is 32.9 Å². The lowest BCUT2D eigenvalue weighted by atomic mass is 9.86. The molecule has 0 radical (unpaired) electrons. The van der Waals surface area contributed by atoms with Crippen molar-refractivity contribution in [3.63, 3.8) is 0 Å². The van der Waals surface area contributed by atoms with Crippen molar-refractivity contribution in [2.45, 2.75) is 26.2 Å². The van der Waals surface area contributed by atoms with Crippen LogP contribution in [0.5, 0.6) is 17.4 Å². The van der Waals surface area contributed by atoms with E-state index in [1.165, 1.54) is 7.11 Å². The van der Waals surface area contributed by atoms with E-state index in [0.717, 1.165) is 56.6 Å². The number of ether oxygens (including phenoxy) is 3. The Hall–Kier alpha value is -4.60. The number of nitrogens with one attached hydrogen (secondary N) is 2. The predicted molar refractivity (Wildman–Crippen MR) is 182 cm³/mol. The van der Waals surface area contributed by atoms with Crippen LogP contribution in [0.2, 0.25) is 0 Å². The van der Waals surface area contributed by atoms with Crippen molar-refractivity contribution in [1.29, 1.82) is 0 Å². The van der Waals surface area contributed by atoms with Gasteiger partial charge in [0.05, 0.1) is 43.5 Å². The van der Waals surface area contributed by atoms with E-state index in [0.29, 0.717) is 40.2 Å². The molecule has 2 aromatic heterocycles. The van der Waals surface area contributed by atoms with Crippen molar-refractivity contribution in [1.82, 2.24) is 19.4 Å². The summed E-state index contributed by atoms with van der Waals surface area (Å²) in [4.78, 5) is 22.4. The monoisotopic (exact) mass is 669 g/mol. The molecule has 2 aromatic carbocycles. The standard InChI is InChI=1S/C20H23N5O4.C12H20N2O3S/c1-24-15(19(26)27)13-14-3-2-4-16(18(14)24)29-17-5-6-21-20(23-17)22-7-8-25-9-11-28-12-10-25;1-12(2,3)8-6-9(13)11(17-4)10(7-8)14-18(5,15)16/h2-6,13H,7-12H2,1H3,(H,26,27)(H,21,22,23);6-7,14H,13H2,1-5H3. The zero-order valence-electron chi connectivity index (χ0n) is 27.5. The Labute approximate surface area is 274 Å². The number of nitrogen functional groups attached to an aromatic ring is 1. The molecule has 1 aliphatic rings. The number of methoxy groups -OCH3 is 1. The van der Waals surface area contributed by atoms with Gasteiger partial charge in [-0.25, -0.2) is 18.2 Å². The Balaban J connectivity index is 0.000000240. The minimum Gasteiger partial charge on any atom is -0.492 e. The molecule has 0 saturated carbocycles. The number of aromatic nitrogens is 3. The smallest absolute Gasteiger partial charge is 0.352 e. The molecule has 5 rings (SSSR count). The first-order chi connectivity index (χ1) is 22.2. The number of rotatable bonds is 10. The maximum atomic E-state index is 11.4. The van der Waals surface area contributed by atoms with Crippen molar-refractivity contribution >= 4 is 44.2 Å². The highest BCUT2D eigenvalue weighted by Crippen LogP contribution is 2.37. The molecule has 0 spiro atoms. The first kappa shape index (κ1) is 35.3. The Kier molecular flexibility index (Phi) is 11.2. The van der Waals surface area contributed by atoms with Gasteiger partial charge in [0.25, 0.3) is 0 Å². The summed E-state index contributed by atoms with van der Waals surface area (Å²) in [6.45, 7) is 11.1. The number of sulfonamides is 1. The molecule has 0 unspecified atom stereocenters. The fourth-order valence-corrected chi connectivity index (χ4v) is 5.55. The van der Waals surface area contributed by atoms with Gasteiger partial charge in [-0.15, -0.1) is 0 Å². The summed E-state index contributed by atoms with van der Waals surface area (Å²) >= 11 is 0. The minimum absolute atomic E-state index is 0.131. The number of carboxylic acids is 1. The Morgan fingerprint density at radius 1 is 1.15 bits per heavy atom. The van der Waals surface area contributed by atoms with E-state index in [2.05, 4.69) is 24.9 Å². The van der Waals surface area contributed by atoms with Gasteiger partial charge in [-0.05, 0) is 35.2 Å². The van der Waals surface area contributed by atoms with Crippen molar-refractivity contribution < 1.29 is 32.5 Å². The predicted octanol–water partition coefficient (Wildman–Crippen LogP) is 4.15. The van der Waals surface area contributed by atoms with E-state index >= 15 is 0 Å². The van der Waals surface area contributed by atoms with Crippen LogP contribution >= 0.6 is 0 Å².